The van der Waals surface area contributed by atoms with Gasteiger partial charge in [-0.15, -0.1) is 0 Å². The molecule has 24 heavy (non-hydrogen) atoms. The van der Waals surface area contributed by atoms with E-state index in [1.54, 1.807) is 0 Å². The zero-order valence-corrected chi connectivity index (χ0v) is 14.8. The predicted octanol–water partition coefficient (Wildman–Crippen LogP) is 4.87. The molecule has 0 radical (unpaired) electrons. The molecule has 3 nitrogen and oxygen atoms in total. The average Bonchev–Trinajstić information content (AvgIpc) is 2.60. The van der Waals surface area contributed by atoms with Gasteiger partial charge in [0.2, 0.25) is 0 Å². The molecule has 1 N–H and O–H groups in total. The van der Waals surface area contributed by atoms with Crippen LogP contribution in [0.15, 0.2) is 42.5 Å². The van der Waals surface area contributed by atoms with E-state index in [9.17, 15) is 4.79 Å². The molecule has 0 aliphatic carbocycles. The number of benzene rings is 2. The predicted molar refractivity (Wildman–Crippen MR) is 97.6 cm³/mol. The van der Waals surface area contributed by atoms with Gasteiger partial charge >= 0.3 is 5.97 Å². The third-order valence-electron chi connectivity index (χ3n) is 5.03. The second-order valence-corrected chi connectivity index (χ2v) is 7.09. The Balaban J connectivity index is 2.01. The first-order valence-electron chi connectivity index (χ1n) is 8.53. The van der Waals surface area contributed by atoms with Gasteiger partial charge in [0.15, 0.2) is 0 Å². The average molecular weight is 323 g/mol. The summed E-state index contributed by atoms with van der Waals surface area (Å²) >= 11 is 0. The fourth-order valence-electron chi connectivity index (χ4n) is 3.72. The number of esters is 1. The number of anilines is 1. The normalized spacial score (nSPS) is 18.4. The monoisotopic (exact) mass is 323 g/mol. The zero-order chi connectivity index (χ0) is 17.3. The highest BCUT2D eigenvalue weighted by atomic mass is 16.5. The summed E-state index contributed by atoms with van der Waals surface area (Å²) in [4.78, 5) is 11.8. The van der Waals surface area contributed by atoms with Gasteiger partial charge < -0.3 is 10.1 Å². The van der Waals surface area contributed by atoms with Crippen LogP contribution >= 0.6 is 0 Å². The van der Waals surface area contributed by atoms with E-state index >= 15 is 0 Å². The number of hydrogen-bond donors (Lipinski definition) is 1. The van der Waals surface area contributed by atoms with E-state index in [-0.39, 0.29) is 17.4 Å². The summed E-state index contributed by atoms with van der Waals surface area (Å²) in [6.07, 6.45) is 2.02. The molecule has 3 heteroatoms. The van der Waals surface area contributed by atoms with Gasteiger partial charge in [-0.3, -0.25) is 0 Å². The molecule has 0 bridgehead atoms. The summed E-state index contributed by atoms with van der Waals surface area (Å²) in [5, 5.41) is 3.68. The van der Waals surface area contributed by atoms with E-state index in [2.05, 4.69) is 50.4 Å². The smallest absolute Gasteiger partial charge is 0.337 e. The lowest BCUT2D eigenvalue weighted by molar-refractivity contribution is 0.0600. The van der Waals surface area contributed by atoms with Crippen molar-refractivity contribution in [3.05, 3.63) is 64.7 Å². The zero-order valence-electron chi connectivity index (χ0n) is 14.8. The molecule has 1 aliphatic rings. The first-order valence-corrected chi connectivity index (χ1v) is 8.53. The van der Waals surface area contributed by atoms with Crippen LogP contribution < -0.4 is 5.32 Å². The van der Waals surface area contributed by atoms with Crippen molar-refractivity contribution in [2.45, 2.75) is 45.1 Å². The fraction of sp³-hybridized carbons (Fsp3) is 0.381. The summed E-state index contributed by atoms with van der Waals surface area (Å²) in [5.74, 6) is -0.285. The van der Waals surface area contributed by atoms with Crippen LogP contribution in [0.25, 0.3) is 0 Å². The maximum absolute atomic E-state index is 11.8. The molecular formula is C21H25NO2. The molecule has 126 valence electrons. The van der Waals surface area contributed by atoms with E-state index in [0.717, 1.165) is 18.5 Å². The van der Waals surface area contributed by atoms with Gasteiger partial charge in [-0.05, 0) is 53.1 Å². The van der Waals surface area contributed by atoms with E-state index in [4.69, 9.17) is 4.74 Å². The topological polar surface area (TPSA) is 38.3 Å². The summed E-state index contributed by atoms with van der Waals surface area (Å²) in [5.41, 5.74) is 5.64. The van der Waals surface area contributed by atoms with Crippen LogP contribution in [0, 0.1) is 0 Å². The number of carbonyl (C=O) groups is 1. The summed E-state index contributed by atoms with van der Waals surface area (Å²) in [6, 6.07) is 14.7. The van der Waals surface area contributed by atoms with Gasteiger partial charge in [0.25, 0.3) is 0 Å². The summed E-state index contributed by atoms with van der Waals surface area (Å²) in [7, 11) is 1.42. The van der Waals surface area contributed by atoms with Crippen LogP contribution in [0.4, 0.5) is 5.69 Å². The molecular weight excluding hydrogens is 298 g/mol. The van der Waals surface area contributed by atoms with Gasteiger partial charge in [-0.2, -0.15) is 0 Å². The Kier molecular flexibility index (Phi) is 4.35. The Morgan fingerprint density at radius 2 is 2.00 bits per heavy atom. The maximum Gasteiger partial charge on any atom is 0.337 e. The highest BCUT2D eigenvalue weighted by molar-refractivity contribution is 5.90. The second-order valence-electron chi connectivity index (χ2n) is 7.09. The lowest BCUT2D eigenvalue weighted by Crippen LogP contribution is -2.32. The molecule has 3 rings (SSSR count). The van der Waals surface area contributed by atoms with Crippen LogP contribution in [0.1, 0.15) is 60.3 Å². The number of ether oxygens (including phenoxy) is 1. The molecule has 0 saturated carbocycles. The molecule has 0 aromatic heterocycles. The van der Waals surface area contributed by atoms with Crippen LogP contribution in [0.2, 0.25) is 0 Å². The molecule has 1 heterocycles. The van der Waals surface area contributed by atoms with Crippen LogP contribution in [-0.4, -0.2) is 13.1 Å². The van der Waals surface area contributed by atoms with E-state index in [0.29, 0.717) is 5.56 Å². The fourth-order valence-corrected chi connectivity index (χ4v) is 3.72. The van der Waals surface area contributed by atoms with Crippen molar-refractivity contribution in [3.8, 4) is 0 Å². The molecule has 2 aromatic rings. The Morgan fingerprint density at radius 1 is 1.25 bits per heavy atom. The van der Waals surface area contributed by atoms with Crippen molar-refractivity contribution < 1.29 is 9.53 Å². The Labute approximate surface area is 144 Å². The van der Waals surface area contributed by atoms with Crippen molar-refractivity contribution in [2.75, 3.05) is 12.4 Å². The van der Waals surface area contributed by atoms with E-state index in [1.807, 2.05) is 18.2 Å². The molecule has 0 saturated heterocycles. The minimum absolute atomic E-state index is 0.0177. The largest absolute Gasteiger partial charge is 0.465 e. The van der Waals surface area contributed by atoms with E-state index < -0.39 is 0 Å². The van der Waals surface area contributed by atoms with Crippen molar-refractivity contribution >= 4 is 11.7 Å². The quantitative estimate of drug-likeness (QED) is 0.819. The molecule has 0 fully saturated rings. The van der Waals surface area contributed by atoms with Crippen molar-refractivity contribution in [1.82, 2.24) is 0 Å². The van der Waals surface area contributed by atoms with Crippen molar-refractivity contribution in [1.29, 1.82) is 0 Å². The van der Waals surface area contributed by atoms with E-state index in [1.165, 1.54) is 23.8 Å². The highest BCUT2D eigenvalue weighted by Gasteiger charge is 2.34. The van der Waals surface area contributed by atoms with Gasteiger partial charge in [0.05, 0.1) is 18.7 Å². The first kappa shape index (κ1) is 16.6. The standard InChI is InChI=1S/C21H25NO2/c1-5-14-8-6-7-9-16(14)19-13-21(2,3)17-12-15(20(23)24-4)10-11-18(17)22-19/h6-12,19,22H,5,13H2,1-4H3. The SMILES string of the molecule is CCc1ccccc1C1CC(C)(C)c2cc(C(=O)OC)ccc2N1. The van der Waals surface area contributed by atoms with Crippen LogP contribution in [0.3, 0.4) is 0 Å². The molecule has 0 spiro atoms. The lowest BCUT2D eigenvalue weighted by atomic mass is 9.73. The third kappa shape index (κ3) is 2.91. The third-order valence-corrected chi connectivity index (χ3v) is 5.03. The molecule has 0 amide bonds. The summed E-state index contributed by atoms with van der Waals surface area (Å²) < 4.78 is 4.86. The van der Waals surface area contributed by atoms with Crippen LogP contribution in [-0.2, 0) is 16.6 Å². The number of methoxy groups -OCH3 is 1. The molecule has 1 atom stereocenters. The minimum Gasteiger partial charge on any atom is -0.465 e. The van der Waals surface area contributed by atoms with Crippen molar-refractivity contribution in [2.24, 2.45) is 0 Å². The molecule has 1 unspecified atom stereocenters. The van der Waals surface area contributed by atoms with Gasteiger partial charge in [-0.25, -0.2) is 4.79 Å². The lowest BCUT2D eigenvalue weighted by Gasteiger charge is -2.39. The Hall–Kier alpha value is -2.29. The highest BCUT2D eigenvalue weighted by Crippen LogP contribution is 2.44. The van der Waals surface area contributed by atoms with Crippen molar-refractivity contribution in [3.63, 3.8) is 0 Å². The first-order chi connectivity index (χ1) is 11.5. The Bertz CT molecular complexity index is 764. The summed E-state index contributed by atoms with van der Waals surface area (Å²) in [6.45, 7) is 6.69. The van der Waals surface area contributed by atoms with Gasteiger partial charge in [-0.1, -0.05) is 45.0 Å². The number of aryl methyl sites for hydroxylation is 1. The number of rotatable bonds is 3. The van der Waals surface area contributed by atoms with Crippen LogP contribution in [0.5, 0.6) is 0 Å². The van der Waals surface area contributed by atoms with Gasteiger partial charge in [0, 0.05) is 5.69 Å². The number of nitrogens with one attached hydrogen (secondary N) is 1. The molecule has 2 aromatic carbocycles. The minimum atomic E-state index is -0.285. The number of hydrogen-bond acceptors (Lipinski definition) is 3. The Morgan fingerprint density at radius 3 is 2.71 bits per heavy atom. The maximum atomic E-state index is 11.8. The number of fused-ring (bicyclic) bond motifs is 1. The second kappa shape index (κ2) is 6.31. The number of carbonyl (C=O) groups excluding carboxylic acids is 1. The molecule has 1 aliphatic heterocycles. The van der Waals surface area contributed by atoms with Gasteiger partial charge in [0.1, 0.15) is 0 Å².